The molecule has 2 N–H and O–H groups in total. The number of hydrogen-bond acceptors (Lipinski definition) is 5. The Morgan fingerprint density at radius 1 is 1.23 bits per heavy atom. The first-order chi connectivity index (χ1) is 14.4. The Hall–Kier alpha value is -2.99. The minimum Gasteiger partial charge on any atom is -0.325 e. The van der Waals surface area contributed by atoms with Crippen molar-refractivity contribution in [3.8, 4) is 6.19 Å². The number of anilines is 1. The van der Waals surface area contributed by atoms with E-state index in [0.29, 0.717) is 12.8 Å². The number of hydrogen-bond donors (Lipinski definition) is 2. The van der Waals surface area contributed by atoms with Crippen molar-refractivity contribution in [2.24, 2.45) is 10.9 Å². The highest BCUT2D eigenvalue weighted by atomic mass is 32.2. The number of nitrogens with one attached hydrogen (secondary N) is 2. The molecule has 1 aliphatic carbocycles. The molecule has 1 saturated carbocycles. The van der Waals surface area contributed by atoms with E-state index in [1.807, 2.05) is 13.1 Å². The van der Waals surface area contributed by atoms with E-state index >= 15 is 0 Å². The number of nitriles is 1. The summed E-state index contributed by atoms with van der Waals surface area (Å²) in [6.07, 6.45) is 5.10. The van der Waals surface area contributed by atoms with Gasteiger partial charge in [0.15, 0.2) is 16.0 Å². The van der Waals surface area contributed by atoms with Gasteiger partial charge in [-0.15, -0.1) is 0 Å². The predicted molar refractivity (Wildman–Crippen MR) is 113 cm³/mol. The van der Waals surface area contributed by atoms with Gasteiger partial charge < -0.3 is 5.32 Å². The molecule has 0 bridgehead atoms. The molecule has 0 amide bonds. The lowest BCUT2D eigenvalue weighted by Crippen LogP contribution is -2.33. The van der Waals surface area contributed by atoms with Crippen LogP contribution >= 0.6 is 0 Å². The maximum Gasteiger partial charge on any atom is 0.209 e. The zero-order valence-corrected chi connectivity index (χ0v) is 17.4. The maximum atomic E-state index is 14.0. The van der Waals surface area contributed by atoms with Crippen LogP contribution in [0, 0.1) is 17.4 Å². The minimum absolute atomic E-state index is 0.0550. The molecule has 1 heterocycles. The van der Waals surface area contributed by atoms with E-state index < -0.39 is 21.3 Å². The van der Waals surface area contributed by atoms with E-state index in [1.165, 1.54) is 0 Å². The van der Waals surface area contributed by atoms with Crippen molar-refractivity contribution in [2.45, 2.75) is 49.0 Å². The molecule has 0 saturated heterocycles. The molecule has 0 radical (unpaired) electrons. The van der Waals surface area contributed by atoms with E-state index in [1.54, 1.807) is 48.8 Å². The predicted octanol–water partition coefficient (Wildman–Crippen LogP) is 3.42. The van der Waals surface area contributed by atoms with Crippen LogP contribution in [0.5, 0.6) is 0 Å². The second-order valence-corrected chi connectivity index (χ2v) is 9.61. The molecule has 0 spiro atoms. The summed E-state index contributed by atoms with van der Waals surface area (Å²) in [6.45, 7) is 2.07. The lowest BCUT2D eigenvalue weighted by atomic mass is 9.89. The summed E-state index contributed by atoms with van der Waals surface area (Å²) in [7, 11) is -3.57. The quantitative estimate of drug-likeness (QED) is 0.326. The van der Waals surface area contributed by atoms with Gasteiger partial charge in [-0.2, -0.15) is 5.26 Å². The number of benzene rings is 1. The number of halogens is 1. The third-order valence-corrected chi connectivity index (χ3v) is 7.51. The van der Waals surface area contributed by atoms with Crippen LogP contribution in [0.3, 0.4) is 0 Å². The highest BCUT2D eigenvalue weighted by Gasteiger charge is 2.36. The average Bonchev–Trinajstić information content (AvgIpc) is 2.75. The second kappa shape index (κ2) is 9.67. The largest absolute Gasteiger partial charge is 0.325 e. The number of nitrogens with zero attached hydrogens (tertiary/aromatic N) is 3. The van der Waals surface area contributed by atoms with E-state index in [2.05, 4.69) is 20.6 Å². The first-order valence-electron chi connectivity index (χ1n) is 9.73. The van der Waals surface area contributed by atoms with E-state index in [0.717, 1.165) is 11.3 Å². The lowest BCUT2D eigenvalue weighted by molar-refractivity contribution is 0.181. The molecule has 30 heavy (non-hydrogen) atoms. The number of alkyl halides is 1. The van der Waals surface area contributed by atoms with Crippen LogP contribution in [0.25, 0.3) is 0 Å². The van der Waals surface area contributed by atoms with Crippen LogP contribution in [0.4, 0.5) is 10.1 Å². The molecule has 0 aliphatic heterocycles. The van der Waals surface area contributed by atoms with Crippen molar-refractivity contribution in [1.29, 1.82) is 5.26 Å². The summed E-state index contributed by atoms with van der Waals surface area (Å²) in [4.78, 5) is 8.46. The first kappa shape index (κ1) is 21.7. The Labute approximate surface area is 176 Å². The zero-order chi connectivity index (χ0) is 21.6. The van der Waals surface area contributed by atoms with Gasteiger partial charge in [-0.1, -0.05) is 19.1 Å². The van der Waals surface area contributed by atoms with Gasteiger partial charge in [0.1, 0.15) is 6.17 Å². The van der Waals surface area contributed by atoms with Crippen molar-refractivity contribution >= 4 is 21.5 Å². The van der Waals surface area contributed by atoms with Crippen molar-refractivity contribution in [1.82, 2.24) is 10.3 Å². The molecule has 3 rings (SSSR count). The Balaban J connectivity index is 1.68. The summed E-state index contributed by atoms with van der Waals surface area (Å²) < 4.78 is 39.7. The molecule has 1 aliphatic rings. The number of rotatable bonds is 5. The molecule has 3 unspecified atom stereocenters. The Kier molecular flexibility index (Phi) is 7.00. The van der Waals surface area contributed by atoms with Gasteiger partial charge in [-0.05, 0) is 55.0 Å². The average molecular weight is 430 g/mol. The molecular weight excluding hydrogens is 405 g/mol. The lowest BCUT2D eigenvalue weighted by Gasteiger charge is -2.29. The number of aromatic nitrogens is 1. The van der Waals surface area contributed by atoms with E-state index in [-0.39, 0.29) is 29.7 Å². The molecule has 2 aromatic rings. The smallest absolute Gasteiger partial charge is 0.209 e. The van der Waals surface area contributed by atoms with Crippen LogP contribution < -0.4 is 10.6 Å². The van der Waals surface area contributed by atoms with E-state index in [9.17, 15) is 12.8 Å². The van der Waals surface area contributed by atoms with Crippen LogP contribution in [-0.4, -0.2) is 30.8 Å². The number of sulfone groups is 1. The highest BCUT2D eigenvalue weighted by Crippen LogP contribution is 2.33. The molecule has 7 nitrogen and oxygen atoms in total. The molecule has 3 atom stereocenters. The Morgan fingerprint density at radius 3 is 2.57 bits per heavy atom. The van der Waals surface area contributed by atoms with Crippen molar-refractivity contribution in [2.75, 3.05) is 5.32 Å². The van der Waals surface area contributed by atoms with Crippen molar-refractivity contribution in [3.05, 3.63) is 54.4 Å². The van der Waals surface area contributed by atoms with Crippen LogP contribution in [0.15, 0.2) is 58.7 Å². The normalized spacial score (nSPS) is 22.2. The molecular formula is C21H24FN5O2S. The van der Waals surface area contributed by atoms with Crippen molar-refractivity contribution < 1.29 is 12.8 Å². The molecule has 9 heteroatoms. The summed E-state index contributed by atoms with van der Waals surface area (Å²) >= 11 is 0. The topological polar surface area (TPSA) is 107 Å². The maximum absolute atomic E-state index is 14.0. The summed E-state index contributed by atoms with van der Waals surface area (Å²) in [5.74, 6) is 0.180. The minimum atomic E-state index is -3.57. The van der Waals surface area contributed by atoms with Gasteiger partial charge in [-0.25, -0.2) is 17.8 Å². The molecule has 1 aromatic carbocycles. The summed E-state index contributed by atoms with van der Waals surface area (Å²) in [5.41, 5.74) is 1.50. The second-order valence-electron chi connectivity index (χ2n) is 7.38. The van der Waals surface area contributed by atoms with E-state index in [4.69, 9.17) is 5.26 Å². The van der Waals surface area contributed by atoms with Gasteiger partial charge >= 0.3 is 0 Å². The third kappa shape index (κ3) is 5.33. The van der Waals surface area contributed by atoms with Gasteiger partial charge in [0.25, 0.3) is 0 Å². The molecule has 1 aromatic heterocycles. The number of guanidine groups is 1. The Morgan fingerprint density at radius 2 is 1.93 bits per heavy atom. The number of pyridine rings is 1. The van der Waals surface area contributed by atoms with Gasteiger partial charge in [0.2, 0.25) is 5.96 Å². The third-order valence-electron chi connectivity index (χ3n) is 5.28. The fraction of sp³-hybridized carbons (Fsp3) is 0.381. The van der Waals surface area contributed by atoms with Gasteiger partial charge in [0, 0.05) is 18.1 Å². The first-order valence-corrected chi connectivity index (χ1v) is 11.3. The summed E-state index contributed by atoms with van der Waals surface area (Å²) in [6, 6.07) is 9.93. The van der Waals surface area contributed by atoms with Gasteiger partial charge in [-0.3, -0.25) is 10.3 Å². The Bertz CT molecular complexity index is 1020. The highest BCUT2D eigenvalue weighted by molar-refractivity contribution is 7.92. The van der Waals surface area contributed by atoms with Crippen LogP contribution in [-0.2, 0) is 16.4 Å². The molecule has 158 valence electrons. The van der Waals surface area contributed by atoms with Gasteiger partial charge in [0.05, 0.1) is 16.7 Å². The number of aliphatic imine (C=N–C) groups is 1. The summed E-state index contributed by atoms with van der Waals surface area (Å²) in [5, 5.41) is 13.7. The SMILES string of the molecule is CC1CCC(S(=O)(=O)c2ccc(CN=C(NC#N)Nc3ccncc3)cc2)CC1F. The monoisotopic (exact) mass is 429 g/mol. The zero-order valence-electron chi connectivity index (χ0n) is 16.6. The molecule has 1 fully saturated rings. The van der Waals surface area contributed by atoms with Crippen LogP contribution in [0.2, 0.25) is 0 Å². The van der Waals surface area contributed by atoms with Crippen LogP contribution in [0.1, 0.15) is 31.7 Å². The fourth-order valence-corrected chi connectivity index (χ4v) is 5.18. The fourth-order valence-electron chi connectivity index (χ4n) is 3.40. The standard InChI is InChI=1S/C21H24FN5O2S/c1-15-2-5-19(12-20(15)22)30(28,29)18-6-3-16(4-7-18)13-25-21(26-14-23)27-17-8-10-24-11-9-17/h3-4,6-11,15,19-20H,2,5,12-13H2,1H3,(H2,24,25,26,27). The van der Waals surface area contributed by atoms with Crippen molar-refractivity contribution in [3.63, 3.8) is 0 Å².